The molecule has 0 saturated carbocycles. The zero-order valence-electron chi connectivity index (χ0n) is 64.1. The standard InChI is InChI=1S/C84H163NO13/c1-3-5-7-9-11-13-15-17-19-21-23-25-27-29-30-31-32-33-34-35-36-37-38-39-40-41-42-43-44-46-48-50-52-54-56-58-60-62-64-66-68-76(89)85-72(71-95-83-81(94)79(92)82(75(70-87)97-83)98-84-80(93)78(91)77(90)74(69-86)96-84)73(88)67-65-63-61-59-57-55-53-51-49-47-45-28-26-24-22-20-18-16-14-12-10-8-6-4-2/h65,67,72-75,77-84,86-88,90-94H,3-64,66,68-71H2,1-2H3,(H,85,89)/b67-65+. The van der Waals surface area contributed by atoms with Gasteiger partial charge in [0.1, 0.15) is 48.8 Å². The molecule has 2 aliphatic heterocycles. The van der Waals surface area contributed by atoms with Crippen LogP contribution < -0.4 is 5.32 Å². The molecule has 9 N–H and O–H groups in total. The molecular formula is C84H163NO13. The van der Waals surface area contributed by atoms with Crippen LogP contribution in [0.5, 0.6) is 0 Å². The molecule has 2 fully saturated rings. The Labute approximate surface area is 603 Å². The third kappa shape index (κ3) is 51.0. The highest BCUT2D eigenvalue weighted by Gasteiger charge is 2.51. The molecule has 0 spiro atoms. The molecule has 0 aromatic heterocycles. The van der Waals surface area contributed by atoms with Crippen molar-refractivity contribution in [3.63, 3.8) is 0 Å². The Morgan fingerprint density at radius 2 is 0.633 bits per heavy atom. The molecule has 14 nitrogen and oxygen atoms in total. The van der Waals surface area contributed by atoms with Crippen LogP contribution in [0.3, 0.4) is 0 Å². The number of ether oxygens (including phenoxy) is 4. The number of amides is 1. The average molecular weight is 1400 g/mol. The number of unbranched alkanes of at least 4 members (excludes halogenated alkanes) is 61. The van der Waals surface area contributed by atoms with E-state index in [-0.39, 0.29) is 18.9 Å². The van der Waals surface area contributed by atoms with Crippen molar-refractivity contribution in [3.8, 4) is 0 Å². The molecule has 2 saturated heterocycles. The minimum Gasteiger partial charge on any atom is -0.394 e. The Balaban J connectivity index is 1.55. The third-order valence-corrected chi connectivity index (χ3v) is 21.5. The van der Waals surface area contributed by atoms with Gasteiger partial charge in [-0.1, -0.05) is 411 Å². The maximum atomic E-state index is 13.4. The van der Waals surface area contributed by atoms with E-state index in [9.17, 15) is 45.6 Å². The van der Waals surface area contributed by atoms with Crippen LogP contribution in [-0.2, 0) is 23.7 Å². The first-order valence-electron chi connectivity index (χ1n) is 42.9. The largest absolute Gasteiger partial charge is 0.394 e. The van der Waals surface area contributed by atoms with Crippen molar-refractivity contribution in [1.82, 2.24) is 5.32 Å². The van der Waals surface area contributed by atoms with Crippen molar-refractivity contribution < 1.29 is 64.6 Å². The average Bonchev–Trinajstić information content (AvgIpc) is 0.793. The van der Waals surface area contributed by atoms with Gasteiger partial charge < -0.3 is 65.1 Å². The fourth-order valence-corrected chi connectivity index (χ4v) is 14.7. The lowest BCUT2D eigenvalue weighted by molar-refractivity contribution is -0.359. The van der Waals surface area contributed by atoms with E-state index in [1.165, 1.54) is 360 Å². The Hall–Kier alpha value is -1.27. The molecule has 0 radical (unpaired) electrons. The minimum absolute atomic E-state index is 0.228. The summed E-state index contributed by atoms with van der Waals surface area (Å²) in [6.45, 7) is 2.88. The van der Waals surface area contributed by atoms with Gasteiger partial charge in [-0.05, 0) is 19.3 Å². The molecule has 12 unspecified atom stereocenters. The van der Waals surface area contributed by atoms with Crippen LogP contribution in [0, 0.1) is 0 Å². The summed E-state index contributed by atoms with van der Waals surface area (Å²) in [5, 5.41) is 87.7. The second-order valence-electron chi connectivity index (χ2n) is 30.7. The molecule has 2 rings (SSSR count). The van der Waals surface area contributed by atoms with E-state index in [0.717, 1.165) is 44.9 Å². The van der Waals surface area contributed by atoms with Crippen molar-refractivity contribution in [2.45, 2.75) is 498 Å². The molecule has 14 heteroatoms. The van der Waals surface area contributed by atoms with Crippen LogP contribution in [-0.4, -0.2) is 140 Å². The van der Waals surface area contributed by atoms with Crippen molar-refractivity contribution in [2.24, 2.45) is 0 Å². The molecule has 98 heavy (non-hydrogen) atoms. The topological polar surface area (TPSA) is 228 Å². The number of aliphatic hydroxyl groups excluding tert-OH is 8. The van der Waals surface area contributed by atoms with Crippen molar-refractivity contribution in [2.75, 3.05) is 19.8 Å². The number of rotatable bonds is 74. The van der Waals surface area contributed by atoms with Gasteiger partial charge in [-0.15, -0.1) is 0 Å². The molecule has 582 valence electrons. The van der Waals surface area contributed by atoms with Gasteiger partial charge in [-0.25, -0.2) is 0 Å². The maximum Gasteiger partial charge on any atom is 0.220 e. The summed E-state index contributed by atoms with van der Waals surface area (Å²) in [6, 6.07) is -0.913. The van der Waals surface area contributed by atoms with E-state index in [1.54, 1.807) is 6.08 Å². The highest BCUT2D eigenvalue weighted by Crippen LogP contribution is 2.31. The Morgan fingerprint density at radius 1 is 0.357 bits per heavy atom. The van der Waals surface area contributed by atoms with Gasteiger partial charge in [-0.3, -0.25) is 4.79 Å². The van der Waals surface area contributed by atoms with Gasteiger partial charge in [0.05, 0.1) is 32.0 Å². The zero-order chi connectivity index (χ0) is 70.8. The lowest BCUT2D eigenvalue weighted by atomic mass is 9.97. The fourth-order valence-electron chi connectivity index (χ4n) is 14.7. The number of hydrogen-bond acceptors (Lipinski definition) is 13. The van der Waals surface area contributed by atoms with Crippen molar-refractivity contribution in [3.05, 3.63) is 12.2 Å². The van der Waals surface area contributed by atoms with E-state index < -0.39 is 86.8 Å². The maximum absolute atomic E-state index is 13.4. The number of carbonyl (C=O) groups is 1. The summed E-state index contributed by atoms with van der Waals surface area (Å²) >= 11 is 0. The molecule has 2 aliphatic rings. The minimum atomic E-state index is -1.79. The fraction of sp³-hybridized carbons (Fsp3) is 0.964. The molecular weight excluding hydrogens is 1230 g/mol. The predicted molar refractivity (Wildman–Crippen MR) is 406 cm³/mol. The zero-order valence-corrected chi connectivity index (χ0v) is 64.1. The van der Waals surface area contributed by atoms with Crippen LogP contribution in [0.4, 0.5) is 0 Å². The predicted octanol–water partition coefficient (Wildman–Crippen LogP) is 20.0. The first kappa shape index (κ1) is 92.8. The van der Waals surface area contributed by atoms with Gasteiger partial charge >= 0.3 is 0 Å². The summed E-state index contributed by atoms with van der Waals surface area (Å²) in [7, 11) is 0. The molecule has 2 heterocycles. The molecule has 1 amide bonds. The smallest absolute Gasteiger partial charge is 0.220 e. The SMILES string of the molecule is CCCCCCCCCCCCCCCCCCCCCCCC/C=C/C(O)C(COC1OC(CO)C(OC2OC(CO)C(O)C(O)C2O)C(O)C1O)NC(=O)CCCCCCCCCCCCCCCCCCCCCCCCCCCCCCCCCCCCCCCCCC. The lowest BCUT2D eigenvalue weighted by Crippen LogP contribution is -2.65. The Bertz CT molecular complexity index is 1690. The van der Waals surface area contributed by atoms with E-state index >= 15 is 0 Å². The summed E-state index contributed by atoms with van der Waals surface area (Å²) < 4.78 is 22.9. The van der Waals surface area contributed by atoms with Gasteiger partial charge in [0, 0.05) is 6.42 Å². The van der Waals surface area contributed by atoms with E-state index in [0.29, 0.717) is 0 Å². The van der Waals surface area contributed by atoms with Crippen LogP contribution in [0.1, 0.15) is 425 Å². The van der Waals surface area contributed by atoms with Crippen LogP contribution in [0.15, 0.2) is 12.2 Å². The van der Waals surface area contributed by atoms with E-state index in [1.807, 2.05) is 6.08 Å². The summed E-state index contributed by atoms with van der Waals surface area (Å²) in [5.41, 5.74) is 0. The first-order valence-corrected chi connectivity index (χ1v) is 42.9. The Kier molecular flexibility index (Phi) is 65.2. The van der Waals surface area contributed by atoms with Gasteiger partial charge in [0.25, 0.3) is 0 Å². The summed E-state index contributed by atoms with van der Waals surface area (Å²) in [4.78, 5) is 13.4. The molecule has 0 aromatic rings. The van der Waals surface area contributed by atoms with E-state index in [4.69, 9.17) is 18.9 Å². The van der Waals surface area contributed by atoms with E-state index in [2.05, 4.69) is 19.2 Å². The number of allylic oxidation sites excluding steroid dienone is 1. The van der Waals surface area contributed by atoms with Crippen molar-refractivity contribution in [1.29, 1.82) is 0 Å². The monoisotopic (exact) mass is 1390 g/mol. The van der Waals surface area contributed by atoms with Crippen LogP contribution in [0.25, 0.3) is 0 Å². The first-order chi connectivity index (χ1) is 48.1. The second-order valence-corrected chi connectivity index (χ2v) is 30.7. The summed E-state index contributed by atoms with van der Waals surface area (Å²) in [5.74, 6) is -0.228. The summed E-state index contributed by atoms with van der Waals surface area (Å²) in [6.07, 6.45) is 71.9. The number of nitrogens with one attached hydrogen (secondary N) is 1. The van der Waals surface area contributed by atoms with Crippen molar-refractivity contribution >= 4 is 5.91 Å². The quantitative estimate of drug-likeness (QED) is 0.0204. The number of aliphatic hydroxyl groups is 8. The molecule has 0 aromatic carbocycles. The normalized spacial score (nSPS) is 22.0. The van der Waals surface area contributed by atoms with Crippen LogP contribution >= 0.6 is 0 Å². The molecule has 0 bridgehead atoms. The van der Waals surface area contributed by atoms with Gasteiger partial charge in [-0.2, -0.15) is 0 Å². The highest BCUT2D eigenvalue weighted by atomic mass is 16.7. The highest BCUT2D eigenvalue weighted by molar-refractivity contribution is 5.76. The second kappa shape index (κ2) is 68.8. The van der Waals surface area contributed by atoms with Crippen LogP contribution in [0.2, 0.25) is 0 Å². The van der Waals surface area contributed by atoms with Gasteiger partial charge in [0.2, 0.25) is 5.91 Å². The number of hydrogen-bond donors (Lipinski definition) is 9. The third-order valence-electron chi connectivity index (χ3n) is 21.5. The Morgan fingerprint density at radius 3 is 0.939 bits per heavy atom. The lowest BCUT2D eigenvalue weighted by Gasteiger charge is -2.46. The molecule has 12 atom stereocenters. The number of carbonyl (C=O) groups excluding carboxylic acids is 1. The molecule has 0 aliphatic carbocycles. The van der Waals surface area contributed by atoms with Gasteiger partial charge in [0.15, 0.2) is 12.6 Å².